The van der Waals surface area contributed by atoms with Crippen LogP contribution in [0, 0.1) is 23.2 Å². The van der Waals surface area contributed by atoms with Crippen LogP contribution in [0.25, 0.3) is 0 Å². The summed E-state index contributed by atoms with van der Waals surface area (Å²) >= 11 is 0. The van der Waals surface area contributed by atoms with Gasteiger partial charge >= 0.3 is 0 Å². The van der Waals surface area contributed by atoms with Gasteiger partial charge in [0.1, 0.15) is 0 Å². The van der Waals surface area contributed by atoms with Crippen molar-refractivity contribution in [2.45, 2.75) is 11.0 Å². The Morgan fingerprint density at radius 3 is 2.90 bits per heavy atom. The lowest BCUT2D eigenvalue weighted by Crippen LogP contribution is -2.45. The molecule has 1 aliphatic heterocycles. The zero-order valence-electron chi connectivity index (χ0n) is 11.3. The molecule has 1 atom stereocenters. The molecule has 0 radical (unpaired) electrons. The molecule has 110 valence electrons. The maximum atomic E-state index is 12.7. The molecule has 0 aromatic heterocycles. The van der Waals surface area contributed by atoms with E-state index in [0.29, 0.717) is 5.56 Å². The van der Waals surface area contributed by atoms with Crippen molar-refractivity contribution < 1.29 is 13.2 Å². The van der Waals surface area contributed by atoms with Crippen molar-refractivity contribution in [3.05, 3.63) is 29.8 Å². The molecule has 1 heterocycles. The molecule has 1 unspecified atom stereocenters. The van der Waals surface area contributed by atoms with E-state index in [1.54, 1.807) is 18.2 Å². The van der Waals surface area contributed by atoms with Crippen LogP contribution in [0.1, 0.15) is 5.56 Å². The lowest BCUT2D eigenvalue weighted by molar-refractivity contribution is 0.0311. The van der Waals surface area contributed by atoms with Crippen LogP contribution in [0.5, 0.6) is 0 Å². The molecule has 0 amide bonds. The van der Waals surface area contributed by atoms with Crippen LogP contribution in [0.4, 0.5) is 0 Å². The highest BCUT2D eigenvalue weighted by Crippen LogP contribution is 2.21. The number of hydrogen-bond acceptors (Lipinski definition) is 5. The zero-order valence-corrected chi connectivity index (χ0v) is 12.1. The molecule has 0 saturated carbocycles. The molecule has 7 heteroatoms. The van der Waals surface area contributed by atoms with Gasteiger partial charge in [-0.2, -0.15) is 9.57 Å². The fourth-order valence-electron chi connectivity index (χ4n) is 2.00. The second kappa shape index (κ2) is 6.70. The van der Waals surface area contributed by atoms with Crippen molar-refractivity contribution in [2.75, 3.05) is 26.2 Å². The van der Waals surface area contributed by atoms with Crippen molar-refractivity contribution in [3.63, 3.8) is 0 Å². The number of morpholine rings is 1. The van der Waals surface area contributed by atoms with Crippen molar-refractivity contribution >= 4 is 10.0 Å². The average Bonchev–Trinajstić information content (AvgIpc) is 2.53. The Kier molecular flexibility index (Phi) is 4.94. The summed E-state index contributed by atoms with van der Waals surface area (Å²) in [6, 6.07) is 8.44. The summed E-state index contributed by atoms with van der Waals surface area (Å²) in [5.74, 6) is 5.42. The summed E-state index contributed by atoms with van der Waals surface area (Å²) in [7, 11) is -3.71. The Labute approximate surface area is 124 Å². The van der Waals surface area contributed by atoms with E-state index in [9.17, 15) is 8.42 Å². The van der Waals surface area contributed by atoms with Crippen LogP contribution in [-0.2, 0) is 14.8 Å². The van der Waals surface area contributed by atoms with Gasteiger partial charge < -0.3 is 10.5 Å². The minimum Gasteiger partial charge on any atom is -0.361 e. The number of benzene rings is 1. The average molecular weight is 305 g/mol. The third kappa shape index (κ3) is 3.41. The standard InChI is InChI=1S/C14H15N3O3S/c15-7-3-5-12-4-1-2-6-14(12)21(18,19)17-8-9-20-13(10-16)11-17/h1-2,4,6,13H,7-9,11,15H2. The van der Waals surface area contributed by atoms with Gasteiger partial charge in [0.15, 0.2) is 6.10 Å². The molecule has 2 N–H and O–H groups in total. The first kappa shape index (κ1) is 15.5. The second-order valence-electron chi connectivity index (χ2n) is 4.35. The van der Waals surface area contributed by atoms with E-state index < -0.39 is 16.1 Å². The molecule has 2 rings (SSSR count). The minimum absolute atomic E-state index is 0.0253. The molecule has 0 spiro atoms. The van der Waals surface area contributed by atoms with Gasteiger partial charge in [0.05, 0.1) is 30.7 Å². The molecule has 1 saturated heterocycles. The predicted molar refractivity (Wildman–Crippen MR) is 76.5 cm³/mol. The molecule has 1 fully saturated rings. The third-order valence-electron chi connectivity index (χ3n) is 3.00. The summed E-state index contributed by atoms with van der Waals surface area (Å²) in [6.45, 7) is 0.604. The fourth-order valence-corrected chi connectivity index (χ4v) is 3.57. The highest BCUT2D eigenvalue weighted by atomic mass is 32.2. The normalized spacial score (nSPS) is 19.3. The lowest BCUT2D eigenvalue weighted by Gasteiger charge is -2.29. The number of rotatable bonds is 2. The monoisotopic (exact) mass is 305 g/mol. The van der Waals surface area contributed by atoms with Crippen LogP contribution in [0.3, 0.4) is 0 Å². The first-order valence-corrected chi connectivity index (χ1v) is 7.83. The van der Waals surface area contributed by atoms with Crippen LogP contribution >= 0.6 is 0 Å². The quantitative estimate of drug-likeness (QED) is 0.770. The lowest BCUT2D eigenvalue weighted by atomic mass is 10.2. The van der Waals surface area contributed by atoms with Gasteiger partial charge in [-0.25, -0.2) is 8.42 Å². The molecular formula is C14H15N3O3S. The van der Waals surface area contributed by atoms with E-state index in [2.05, 4.69) is 11.8 Å². The molecule has 0 aliphatic carbocycles. The summed E-state index contributed by atoms with van der Waals surface area (Å²) in [5, 5.41) is 8.88. The van der Waals surface area contributed by atoms with Gasteiger partial charge in [0, 0.05) is 12.1 Å². The van der Waals surface area contributed by atoms with E-state index in [1.165, 1.54) is 10.4 Å². The minimum atomic E-state index is -3.71. The number of nitriles is 1. The van der Waals surface area contributed by atoms with Crippen molar-refractivity contribution in [2.24, 2.45) is 5.73 Å². The van der Waals surface area contributed by atoms with E-state index in [4.69, 9.17) is 15.7 Å². The number of nitrogens with two attached hydrogens (primary N) is 1. The fraction of sp³-hybridized carbons (Fsp3) is 0.357. The summed E-state index contributed by atoms with van der Waals surface area (Å²) in [4.78, 5) is 0.129. The second-order valence-corrected chi connectivity index (χ2v) is 6.26. The van der Waals surface area contributed by atoms with Gasteiger partial charge in [0.2, 0.25) is 10.0 Å². The van der Waals surface area contributed by atoms with Crippen molar-refractivity contribution in [3.8, 4) is 17.9 Å². The largest absolute Gasteiger partial charge is 0.361 e. The molecular weight excluding hydrogens is 290 g/mol. The van der Waals surface area contributed by atoms with Gasteiger partial charge in [-0.3, -0.25) is 0 Å². The summed E-state index contributed by atoms with van der Waals surface area (Å²) < 4.78 is 31.8. The maximum absolute atomic E-state index is 12.7. The number of sulfonamides is 1. The predicted octanol–water partition coefficient (Wildman–Crippen LogP) is -0.0901. The molecule has 21 heavy (non-hydrogen) atoms. The van der Waals surface area contributed by atoms with E-state index in [1.807, 2.05) is 6.07 Å². The Hall–Kier alpha value is -1.90. The van der Waals surface area contributed by atoms with Crippen LogP contribution in [0.2, 0.25) is 0 Å². The first-order chi connectivity index (χ1) is 10.1. The summed E-state index contributed by atoms with van der Waals surface area (Å²) in [6.07, 6.45) is -0.740. The Balaban J connectivity index is 2.38. The topological polar surface area (TPSA) is 96.4 Å². The van der Waals surface area contributed by atoms with Crippen LogP contribution in [0.15, 0.2) is 29.2 Å². The zero-order chi connectivity index (χ0) is 15.3. The van der Waals surface area contributed by atoms with Crippen LogP contribution < -0.4 is 5.73 Å². The van der Waals surface area contributed by atoms with Crippen LogP contribution in [-0.4, -0.2) is 45.1 Å². The number of nitrogens with zero attached hydrogens (tertiary/aromatic N) is 2. The van der Waals surface area contributed by atoms with Gasteiger partial charge in [-0.1, -0.05) is 24.0 Å². The molecule has 6 nitrogen and oxygen atoms in total. The number of ether oxygens (including phenoxy) is 1. The van der Waals surface area contributed by atoms with E-state index in [0.717, 1.165) is 0 Å². The highest BCUT2D eigenvalue weighted by Gasteiger charge is 2.31. The van der Waals surface area contributed by atoms with Gasteiger partial charge in [0.25, 0.3) is 0 Å². The van der Waals surface area contributed by atoms with E-state index in [-0.39, 0.29) is 31.1 Å². The molecule has 0 bridgehead atoms. The third-order valence-corrected chi connectivity index (χ3v) is 4.93. The number of hydrogen-bond donors (Lipinski definition) is 1. The molecule has 1 aliphatic rings. The summed E-state index contributed by atoms with van der Waals surface area (Å²) in [5.41, 5.74) is 5.73. The highest BCUT2D eigenvalue weighted by molar-refractivity contribution is 7.89. The van der Waals surface area contributed by atoms with E-state index >= 15 is 0 Å². The molecule has 1 aromatic rings. The Morgan fingerprint density at radius 2 is 2.19 bits per heavy atom. The van der Waals surface area contributed by atoms with Gasteiger partial charge in [-0.15, -0.1) is 0 Å². The van der Waals surface area contributed by atoms with Crippen molar-refractivity contribution in [1.82, 2.24) is 4.31 Å². The van der Waals surface area contributed by atoms with Crippen molar-refractivity contribution in [1.29, 1.82) is 5.26 Å². The Bertz CT molecular complexity index is 713. The Morgan fingerprint density at radius 1 is 1.43 bits per heavy atom. The smallest absolute Gasteiger partial charge is 0.244 e. The SMILES string of the molecule is N#CC1CN(S(=O)(=O)c2ccccc2C#CCN)CCO1. The first-order valence-electron chi connectivity index (χ1n) is 6.39. The molecule has 1 aromatic carbocycles. The maximum Gasteiger partial charge on any atom is 0.244 e. The van der Waals surface area contributed by atoms with Gasteiger partial charge in [-0.05, 0) is 12.1 Å².